The minimum absolute atomic E-state index is 0.171. The number of aromatic amines is 1. The second-order valence-corrected chi connectivity index (χ2v) is 4.51. The minimum atomic E-state index is 0.171. The summed E-state index contributed by atoms with van der Waals surface area (Å²) in [6, 6.07) is 1.86. The summed E-state index contributed by atoms with van der Waals surface area (Å²) >= 11 is 1.85. The van der Waals surface area contributed by atoms with Crippen LogP contribution in [-0.4, -0.2) is 27.6 Å². The molecule has 1 aromatic rings. The molecule has 0 aromatic carbocycles. The molecule has 2 heterocycles. The first-order valence-electron chi connectivity index (χ1n) is 4.70. The lowest BCUT2D eigenvalue weighted by Crippen LogP contribution is -2.30. The van der Waals surface area contributed by atoms with Gasteiger partial charge >= 0.3 is 0 Å². The number of carbonyl (C=O) groups is 1. The average Bonchev–Trinajstić information content (AvgIpc) is 2.87. The Kier molecular flexibility index (Phi) is 3.08. The lowest BCUT2D eigenvalue weighted by molar-refractivity contribution is -0.124. The van der Waals surface area contributed by atoms with E-state index in [1.165, 1.54) is 0 Å². The number of nitrogens with one attached hydrogen (secondary N) is 2. The molecule has 1 atom stereocenters. The van der Waals surface area contributed by atoms with Crippen LogP contribution in [0.15, 0.2) is 12.3 Å². The molecule has 1 unspecified atom stereocenters. The van der Waals surface area contributed by atoms with Crippen LogP contribution in [0.5, 0.6) is 0 Å². The van der Waals surface area contributed by atoms with E-state index in [2.05, 4.69) is 15.5 Å². The van der Waals surface area contributed by atoms with Crippen molar-refractivity contribution in [2.45, 2.75) is 13.0 Å². The van der Waals surface area contributed by atoms with E-state index in [4.69, 9.17) is 0 Å². The van der Waals surface area contributed by atoms with Crippen LogP contribution < -0.4 is 5.32 Å². The van der Waals surface area contributed by atoms with Gasteiger partial charge in [0.2, 0.25) is 5.91 Å². The fourth-order valence-electron chi connectivity index (χ4n) is 1.45. The lowest BCUT2D eigenvalue weighted by atomic mass is 10.1. The number of amides is 1. The smallest absolute Gasteiger partial charge is 0.224 e. The number of H-pyrrole nitrogens is 1. The van der Waals surface area contributed by atoms with E-state index in [1.54, 1.807) is 6.20 Å². The molecule has 1 saturated heterocycles. The summed E-state index contributed by atoms with van der Waals surface area (Å²) in [4.78, 5) is 11.6. The van der Waals surface area contributed by atoms with Gasteiger partial charge in [0.25, 0.3) is 0 Å². The van der Waals surface area contributed by atoms with Crippen molar-refractivity contribution < 1.29 is 4.79 Å². The molecule has 1 aromatic heterocycles. The third kappa shape index (κ3) is 2.29. The quantitative estimate of drug-likeness (QED) is 0.776. The molecule has 0 saturated carbocycles. The number of nitrogens with zero attached hydrogens (tertiary/aromatic N) is 1. The van der Waals surface area contributed by atoms with Gasteiger partial charge in [-0.05, 0) is 18.2 Å². The molecule has 14 heavy (non-hydrogen) atoms. The summed E-state index contributed by atoms with van der Waals surface area (Å²) in [7, 11) is 0. The Morgan fingerprint density at radius 3 is 3.36 bits per heavy atom. The topological polar surface area (TPSA) is 57.8 Å². The van der Waals surface area contributed by atoms with Crippen molar-refractivity contribution in [1.29, 1.82) is 0 Å². The molecular weight excluding hydrogens is 198 g/mol. The van der Waals surface area contributed by atoms with Gasteiger partial charge in [-0.1, -0.05) is 0 Å². The zero-order chi connectivity index (χ0) is 9.80. The molecule has 4 nitrogen and oxygen atoms in total. The number of hydrogen-bond donors (Lipinski definition) is 2. The third-order valence-corrected chi connectivity index (χ3v) is 3.47. The Labute approximate surface area is 86.8 Å². The van der Waals surface area contributed by atoms with Crippen LogP contribution in [0.3, 0.4) is 0 Å². The summed E-state index contributed by atoms with van der Waals surface area (Å²) in [5.74, 6) is 2.46. The van der Waals surface area contributed by atoms with Crippen LogP contribution in [-0.2, 0) is 11.3 Å². The number of hydrogen-bond acceptors (Lipinski definition) is 3. The Morgan fingerprint density at radius 2 is 2.71 bits per heavy atom. The second kappa shape index (κ2) is 4.50. The standard InChI is InChI=1S/C9H13N3OS/c13-9(7-2-4-14-6-7)10-5-8-1-3-11-12-8/h1,3,7H,2,4-6H2,(H,10,13)(H,11,12). The van der Waals surface area contributed by atoms with E-state index in [0.717, 1.165) is 23.6 Å². The Morgan fingerprint density at radius 1 is 1.79 bits per heavy atom. The van der Waals surface area contributed by atoms with Crippen LogP contribution in [0, 0.1) is 5.92 Å². The molecule has 1 aliphatic heterocycles. The van der Waals surface area contributed by atoms with Crippen LogP contribution >= 0.6 is 11.8 Å². The van der Waals surface area contributed by atoms with Crippen molar-refractivity contribution in [1.82, 2.24) is 15.5 Å². The van der Waals surface area contributed by atoms with E-state index >= 15 is 0 Å². The number of aromatic nitrogens is 2. The Hall–Kier alpha value is -0.970. The van der Waals surface area contributed by atoms with Gasteiger partial charge in [0.05, 0.1) is 12.2 Å². The van der Waals surface area contributed by atoms with Crippen molar-refractivity contribution >= 4 is 17.7 Å². The predicted octanol–water partition coefficient (Wildman–Crippen LogP) is 0.779. The maximum Gasteiger partial charge on any atom is 0.224 e. The van der Waals surface area contributed by atoms with Crippen LogP contribution in [0.4, 0.5) is 0 Å². The first-order chi connectivity index (χ1) is 6.86. The van der Waals surface area contributed by atoms with Crippen LogP contribution in [0.25, 0.3) is 0 Å². The van der Waals surface area contributed by atoms with Crippen molar-refractivity contribution in [2.24, 2.45) is 5.92 Å². The highest BCUT2D eigenvalue weighted by molar-refractivity contribution is 7.99. The molecule has 0 spiro atoms. The number of carbonyl (C=O) groups excluding carboxylic acids is 1. The normalized spacial score (nSPS) is 21.0. The largest absolute Gasteiger partial charge is 0.350 e. The van der Waals surface area contributed by atoms with Crippen LogP contribution in [0.2, 0.25) is 0 Å². The fraction of sp³-hybridized carbons (Fsp3) is 0.556. The summed E-state index contributed by atoms with van der Waals surface area (Å²) in [5, 5.41) is 9.53. The van der Waals surface area contributed by atoms with Gasteiger partial charge in [-0.25, -0.2) is 0 Å². The highest BCUT2D eigenvalue weighted by Crippen LogP contribution is 2.23. The van der Waals surface area contributed by atoms with Gasteiger partial charge in [0.1, 0.15) is 0 Å². The molecule has 0 bridgehead atoms. The van der Waals surface area contributed by atoms with E-state index < -0.39 is 0 Å². The Balaban J connectivity index is 1.77. The van der Waals surface area contributed by atoms with Gasteiger partial charge < -0.3 is 5.32 Å². The first-order valence-corrected chi connectivity index (χ1v) is 5.85. The Bertz CT molecular complexity index is 293. The molecule has 2 N–H and O–H groups in total. The highest BCUT2D eigenvalue weighted by Gasteiger charge is 2.22. The maximum atomic E-state index is 11.6. The number of rotatable bonds is 3. The fourth-order valence-corrected chi connectivity index (χ4v) is 2.67. The van der Waals surface area contributed by atoms with Crippen LogP contribution in [0.1, 0.15) is 12.1 Å². The molecule has 1 aliphatic rings. The second-order valence-electron chi connectivity index (χ2n) is 3.36. The van der Waals surface area contributed by atoms with Gasteiger partial charge in [-0.15, -0.1) is 0 Å². The predicted molar refractivity (Wildman–Crippen MR) is 55.9 cm³/mol. The van der Waals surface area contributed by atoms with Crippen molar-refractivity contribution in [3.05, 3.63) is 18.0 Å². The van der Waals surface area contributed by atoms with Gasteiger partial charge in [0, 0.05) is 17.9 Å². The monoisotopic (exact) mass is 211 g/mol. The maximum absolute atomic E-state index is 11.6. The average molecular weight is 211 g/mol. The molecule has 0 radical (unpaired) electrons. The van der Waals surface area contributed by atoms with Crippen molar-refractivity contribution in [3.63, 3.8) is 0 Å². The van der Waals surface area contributed by atoms with E-state index in [1.807, 2.05) is 17.8 Å². The summed E-state index contributed by atoms with van der Waals surface area (Å²) in [5.41, 5.74) is 0.948. The summed E-state index contributed by atoms with van der Waals surface area (Å²) in [6.07, 6.45) is 2.70. The summed E-state index contributed by atoms with van der Waals surface area (Å²) < 4.78 is 0. The minimum Gasteiger partial charge on any atom is -0.350 e. The molecule has 2 rings (SSSR count). The highest BCUT2D eigenvalue weighted by atomic mass is 32.2. The van der Waals surface area contributed by atoms with Gasteiger partial charge in [-0.2, -0.15) is 16.9 Å². The van der Waals surface area contributed by atoms with Crippen molar-refractivity contribution in [2.75, 3.05) is 11.5 Å². The van der Waals surface area contributed by atoms with E-state index in [9.17, 15) is 4.79 Å². The van der Waals surface area contributed by atoms with Gasteiger partial charge in [0.15, 0.2) is 0 Å². The molecule has 1 amide bonds. The van der Waals surface area contributed by atoms with Crippen molar-refractivity contribution in [3.8, 4) is 0 Å². The molecule has 5 heteroatoms. The first kappa shape index (κ1) is 9.58. The molecule has 1 fully saturated rings. The zero-order valence-electron chi connectivity index (χ0n) is 7.82. The SMILES string of the molecule is O=C(NCc1ccn[nH]1)C1CCSC1. The number of thioether (sulfide) groups is 1. The van der Waals surface area contributed by atoms with E-state index in [-0.39, 0.29) is 11.8 Å². The molecule has 76 valence electrons. The lowest BCUT2D eigenvalue weighted by Gasteiger charge is -2.08. The third-order valence-electron chi connectivity index (χ3n) is 2.31. The van der Waals surface area contributed by atoms with Gasteiger partial charge in [-0.3, -0.25) is 9.89 Å². The zero-order valence-corrected chi connectivity index (χ0v) is 8.64. The summed E-state index contributed by atoms with van der Waals surface area (Å²) in [6.45, 7) is 0.556. The molecule has 0 aliphatic carbocycles. The van der Waals surface area contributed by atoms with E-state index in [0.29, 0.717) is 6.54 Å². The molecular formula is C9H13N3OS.